The Kier molecular flexibility index (Phi) is 6.22. The van der Waals surface area contributed by atoms with Crippen molar-refractivity contribution < 1.29 is 4.79 Å². The van der Waals surface area contributed by atoms with Gasteiger partial charge in [-0.2, -0.15) is 11.3 Å². The summed E-state index contributed by atoms with van der Waals surface area (Å²) in [6.45, 7) is 7.79. The van der Waals surface area contributed by atoms with E-state index in [0.29, 0.717) is 18.4 Å². The number of rotatable bonds is 7. The van der Waals surface area contributed by atoms with Crippen molar-refractivity contribution in [2.24, 2.45) is 5.92 Å². The molecule has 1 aromatic rings. The summed E-state index contributed by atoms with van der Waals surface area (Å²) in [5, 5.41) is 10.5. The molecule has 1 aromatic heterocycles. The maximum atomic E-state index is 11.5. The minimum absolute atomic E-state index is 0.128. The lowest BCUT2D eigenvalue weighted by molar-refractivity contribution is -0.121. The van der Waals surface area contributed by atoms with Crippen molar-refractivity contribution in [2.75, 3.05) is 13.1 Å². The van der Waals surface area contributed by atoms with Gasteiger partial charge in [-0.1, -0.05) is 13.8 Å². The van der Waals surface area contributed by atoms with Crippen LogP contribution in [-0.4, -0.2) is 19.0 Å². The molecule has 1 amide bonds. The molecule has 0 saturated heterocycles. The molecule has 3 nitrogen and oxygen atoms in total. The quantitative estimate of drug-likeness (QED) is 0.785. The molecule has 0 aliphatic rings. The zero-order chi connectivity index (χ0) is 12.7. The van der Waals surface area contributed by atoms with Crippen LogP contribution in [0.1, 0.15) is 38.8 Å². The standard InChI is InChI=1S/C13H22N2OS/c1-10(2)8-15-13(16)4-6-14-11(3)12-5-7-17-9-12/h5,7,9-11,14H,4,6,8H2,1-3H3,(H,15,16). The molecule has 0 radical (unpaired) electrons. The Bertz CT molecular complexity index is 322. The fourth-order valence-electron chi connectivity index (χ4n) is 1.45. The third-order valence-electron chi connectivity index (χ3n) is 2.55. The smallest absolute Gasteiger partial charge is 0.221 e. The molecule has 0 aliphatic carbocycles. The summed E-state index contributed by atoms with van der Waals surface area (Å²) < 4.78 is 0. The van der Waals surface area contributed by atoms with E-state index in [1.807, 2.05) is 0 Å². The van der Waals surface area contributed by atoms with E-state index in [2.05, 4.69) is 48.2 Å². The van der Waals surface area contributed by atoms with Crippen molar-refractivity contribution in [2.45, 2.75) is 33.2 Å². The van der Waals surface area contributed by atoms with E-state index in [4.69, 9.17) is 0 Å². The predicted octanol–water partition coefficient (Wildman–Crippen LogP) is 2.56. The van der Waals surface area contributed by atoms with Crippen molar-refractivity contribution in [3.63, 3.8) is 0 Å². The van der Waals surface area contributed by atoms with Crippen molar-refractivity contribution in [1.82, 2.24) is 10.6 Å². The lowest BCUT2D eigenvalue weighted by atomic mass is 10.2. The second-order valence-electron chi connectivity index (χ2n) is 4.68. The lowest BCUT2D eigenvalue weighted by Gasteiger charge is -2.12. The highest BCUT2D eigenvalue weighted by molar-refractivity contribution is 7.07. The molecule has 96 valence electrons. The first-order valence-electron chi connectivity index (χ1n) is 6.11. The zero-order valence-corrected chi connectivity index (χ0v) is 11.6. The van der Waals surface area contributed by atoms with E-state index in [0.717, 1.165) is 13.1 Å². The SMILES string of the molecule is CC(C)CNC(=O)CCNC(C)c1ccsc1. The largest absolute Gasteiger partial charge is 0.356 e. The summed E-state index contributed by atoms with van der Waals surface area (Å²) in [6.07, 6.45) is 0.543. The first-order chi connectivity index (χ1) is 8.09. The molecule has 1 unspecified atom stereocenters. The second-order valence-corrected chi connectivity index (χ2v) is 5.46. The van der Waals surface area contributed by atoms with Crippen molar-refractivity contribution >= 4 is 17.2 Å². The van der Waals surface area contributed by atoms with Crippen LogP contribution in [0.25, 0.3) is 0 Å². The normalized spacial score (nSPS) is 12.7. The van der Waals surface area contributed by atoms with Gasteiger partial charge in [-0.15, -0.1) is 0 Å². The molecule has 0 bridgehead atoms. The average molecular weight is 254 g/mol. The van der Waals surface area contributed by atoms with Crippen LogP contribution in [0.15, 0.2) is 16.8 Å². The van der Waals surface area contributed by atoms with E-state index in [1.165, 1.54) is 5.56 Å². The number of nitrogens with one attached hydrogen (secondary N) is 2. The van der Waals surface area contributed by atoms with E-state index in [9.17, 15) is 4.79 Å². The summed E-state index contributed by atoms with van der Waals surface area (Å²) >= 11 is 1.70. The molecule has 1 heterocycles. The van der Waals surface area contributed by atoms with Gasteiger partial charge >= 0.3 is 0 Å². The van der Waals surface area contributed by atoms with Crippen molar-refractivity contribution in [1.29, 1.82) is 0 Å². The van der Waals surface area contributed by atoms with Crippen LogP contribution in [0.5, 0.6) is 0 Å². The maximum absolute atomic E-state index is 11.5. The minimum atomic E-state index is 0.128. The van der Waals surface area contributed by atoms with Crippen LogP contribution in [0.4, 0.5) is 0 Å². The van der Waals surface area contributed by atoms with Crippen LogP contribution in [0.3, 0.4) is 0 Å². The third-order valence-corrected chi connectivity index (χ3v) is 3.25. The molecule has 4 heteroatoms. The van der Waals surface area contributed by atoms with Crippen molar-refractivity contribution in [3.05, 3.63) is 22.4 Å². The van der Waals surface area contributed by atoms with Crippen molar-refractivity contribution in [3.8, 4) is 0 Å². The van der Waals surface area contributed by atoms with Crippen LogP contribution in [0, 0.1) is 5.92 Å². The molecule has 0 aliphatic heterocycles. The van der Waals surface area contributed by atoms with Crippen LogP contribution < -0.4 is 10.6 Å². The Morgan fingerprint density at radius 3 is 2.76 bits per heavy atom. The topological polar surface area (TPSA) is 41.1 Å². The molecular formula is C13H22N2OS. The number of hydrogen-bond donors (Lipinski definition) is 2. The molecule has 0 fully saturated rings. The number of carbonyl (C=O) groups excluding carboxylic acids is 1. The summed E-state index contributed by atoms with van der Waals surface area (Å²) in [4.78, 5) is 11.5. The van der Waals surface area contributed by atoms with Crippen LogP contribution in [-0.2, 0) is 4.79 Å². The molecule has 1 atom stereocenters. The molecule has 1 rings (SSSR count). The number of amides is 1. The highest BCUT2D eigenvalue weighted by atomic mass is 32.1. The molecule has 2 N–H and O–H groups in total. The Balaban J connectivity index is 2.13. The summed E-state index contributed by atoms with van der Waals surface area (Å²) in [5.41, 5.74) is 1.29. The third kappa shape index (κ3) is 5.84. The van der Waals surface area contributed by atoms with Gasteiger partial charge in [-0.25, -0.2) is 0 Å². The monoisotopic (exact) mass is 254 g/mol. The fourth-order valence-corrected chi connectivity index (χ4v) is 2.20. The molecule has 0 spiro atoms. The summed E-state index contributed by atoms with van der Waals surface area (Å²) in [7, 11) is 0. The Morgan fingerprint density at radius 2 is 2.18 bits per heavy atom. The van der Waals surface area contributed by atoms with Gasteiger partial charge < -0.3 is 10.6 Å². The van der Waals surface area contributed by atoms with Gasteiger partial charge in [0.25, 0.3) is 0 Å². The molecular weight excluding hydrogens is 232 g/mol. The van der Waals surface area contributed by atoms with Gasteiger partial charge in [0.05, 0.1) is 0 Å². The summed E-state index contributed by atoms with van der Waals surface area (Å²) in [5.74, 6) is 0.639. The fraction of sp³-hybridized carbons (Fsp3) is 0.615. The van der Waals surface area contributed by atoms with Gasteiger partial charge in [0.15, 0.2) is 0 Å². The van der Waals surface area contributed by atoms with E-state index in [-0.39, 0.29) is 5.91 Å². The van der Waals surface area contributed by atoms with E-state index < -0.39 is 0 Å². The zero-order valence-electron chi connectivity index (χ0n) is 10.8. The van der Waals surface area contributed by atoms with Gasteiger partial charge in [0.1, 0.15) is 0 Å². The molecule has 17 heavy (non-hydrogen) atoms. The van der Waals surface area contributed by atoms with Crippen LogP contribution in [0.2, 0.25) is 0 Å². The summed E-state index contributed by atoms with van der Waals surface area (Å²) in [6, 6.07) is 2.43. The first kappa shape index (κ1) is 14.2. The highest BCUT2D eigenvalue weighted by Gasteiger charge is 2.06. The second kappa shape index (κ2) is 7.45. The van der Waals surface area contributed by atoms with Gasteiger partial charge in [0.2, 0.25) is 5.91 Å². The number of thiophene rings is 1. The predicted molar refractivity (Wildman–Crippen MR) is 73.2 cm³/mol. The first-order valence-corrected chi connectivity index (χ1v) is 7.06. The molecule has 0 aromatic carbocycles. The van der Waals surface area contributed by atoms with Crippen LogP contribution >= 0.6 is 11.3 Å². The highest BCUT2D eigenvalue weighted by Crippen LogP contribution is 2.15. The minimum Gasteiger partial charge on any atom is -0.356 e. The van der Waals surface area contributed by atoms with Gasteiger partial charge in [0, 0.05) is 25.6 Å². The molecule has 0 saturated carbocycles. The number of hydrogen-bond acceptors (Lipinski definition) is 3. The lowest BCUT2D eigenvalue weighted by Crippen LogP contribution is -2.31. The number of carbonyl (C=O) groups is 1. The average Bonchev–Trinajstić information content (AvgIpc) is 2.79. The maximum Gasteiger partial charge on any atom is 0.221 e. The van der Waals surface area contributed by atoms with E-state index in [1.54, 1.807) is 11.3 Å². The Labute approximate surface area is 108 Å². The van der Waals surface area contributed by atoms with Gasteiger partial charge in [-0.3, -0.25) is 4.79 Å². The van der Waals surface area contributed by atoms with E-state index >= 15 is 0 Å². The van der Waals surface area contributed by atoms with Gasteiger partial charge in [-0.05, 0) is 35.2 Å². The Hall–Kier alpha value is -0.870. The Morgan fingerprint density at radius 1 is 1.41 bits per heavy atom.